The van der Waals surface area contributed by atoms with Crippen LogP contribution in [0.3, 0.4) is 0 Å². The molecule has 5 aliphatic rings. The lowest BCUT2D eigenvalue weighted by atomic mass is 9.96. The summed E-state index contributed by atoms with van der Waals surface area (Å²) in [7, 11) is 0. The second-order valence-corrected chi connectivity index (χ2v) is 25.2. The zero-order valence-corrected chi connectivity index (χ0v) is 55.4. The maximum absolute atomic E-state index is 14.6. The van der Waals surface area contributed by atoms with Crippen molar-refractivity contribution in [3.63, 3.8) is 0 Å². The molecule has 12 aromatic rings. The first-order valence-electron chi connectivity index (χ1n) is 33.4. The van der Waals surface area contributed by atoms with Crippen molar-refractivity contribution >= 4 is 58.2 Å². The van der Waals surface area contributed by atoms with E-state index < -0.39 is 5.97 Å². The van der Waals surface area contributed by atoms with Crippen molar-refractivity contribution in [2.75, 3.05) is 48.9 Å². The Morgan fingerprint density at radius 2 is 0.912 bits per heavy atom. The lowest BCUT2D eigenvalue weighted by Gasteiger charge is -2.15. The van der Waals surface area contributed by atoms with Gasteiger partial charge < -0.3 is 60.4 Å². The highest BCUT2D eigenvalue weighted by atomic mass is 19.1. The number of benzene rings is 5. The number of nitrogens with zero attached hydrogens (tertiary/aromatic N) is 13. The van der Waals surface area contributed by atoms with Gasteiger partial charge in [0.1, 0.15) is 40.4 Å². The van der Waals surface area contributed by atoms with Gasteiger partial charge in [-0.15, -0.1) is 0 Å². The van der Waals surface area contributed by atoms with Crippen LogP contribution in [0.25, 0.3) is 64.9 Å². The van der Waals surface area contributed by atoms with E-state index in [4.69, 9.17) is 39.0 Å². The predicted molar refractivity (Wildman–Crippen MR) is 377 cm³/mol. The van der Waals surface area contributed by atoms with Crippen LogP contribution < -0.4 is 40.8 Å². The lowest BCUT2D eigenvalue weighted by molar-refractivity contribution is 0.0690. The van der Waals surface area contributed by atoms with Gasteiger partial charge in [0.15, 0.2) is 0 Å². The molecule has 26 heteroatoms. The standard InChI is InChI=1S/2C27H25FN6O.C22H15FN6O3/c2*1-16-12-17(23-4-3-10-30-23)5-6-18(16)21-14-32-27(34-15-25(29-2)33-26(21)34)31-13-20-19-9-11-35-24(19)8-7-22(20)28;1-24-19-11-29-20(28-19)14(12-2-4-17(21(30)31)25-8-12)9-26-22(29)27-10-15-13-6-7-32-18(13)5-3-16(15)23/h2*5-8,12,14-15,23,30H,3-4,9-11,13H2,1H3,(H,31,32);2-5,8-9,11H,6-7,10H2,(H,26,27)(H,30,31)/t2*23-;/m10./s1. The molecule has 6 N–H and O–H groups in total. The minimum absolute atomic E-state index is 0.0809. The number of ether oxygens (including phenoxy) is 3. The number of carboxylic acid groups (broad SMARTS) is 1. The second kappa shape index (κ2) is 28.1. The number of carbonyl (C=O) groups is 1. The van der Waals surface area contributed by atoms with Gasteiger partial charge in [-0.2, -0.15) is 0 Å². The highest BCUT2D eigenvalue weighted by Gasteiger charge is 2.28. The van der Waals surface area contributed by atoms with Gasteiger partial charge in [0.25, 0.3) is 17.5 Å². The van der Waals surface area contributed by atoms with Crippen LogP contribution in [0.2, 0.25) is 0 Å². The summed E-state index contributed by atoms with van der Waals surface area (Å²) in [5.41, 5.74) is 15.7. The van der Waals surface area contributed by atoms with E-state index >= 15 is 0 Å². The molecule has 102 heavy (non-hydrogen) atoms. The Hall–Kier alpha value is -12.4. The van der Waals surface area contributed by atoms with Crippen LogP contribution in [-0.4, -0.2) is 92.1 Å². The average molecular weight is 1370 g/mol. The van der Waals surface area contributed by atoms with Crippen molar-refractivity contribution in [3.05, 3.63) is 241 Å². The normalized spacial score (nSPS) is 15.4. The van der Waals surface area contributed by atoms with E-state index in [0.29, 0.717) is 120 Å². The molecular weight excluding hydrogens is 1300 g/mol. The van der Waals surface area contributed by atoms with E-state index in [1.165, 1.54) is 60.6 Å². The number of hydrogen-bond donors (Lipinski definition) is 6. The maximum atomic E-state index is 14.6. The number of aromatic carboxylic acids is 1. The first-order valence-corrected chi connectivity index (χ1v) is 33.4. The van der Waals surface area contributed by atoms with Crippen LogP contribution in [0, 0.1) is 51.0 Å². The zero-order valence-electron chi connectivity index (χ0n) is 55.4. The number of carboxylic acids is 1. The number of rotatable bonds is 15. The SMILES string of the molecule is [C-]#[N+]c1cn2c(NCc3c(F)ccc4c3CCO4)ncc(-c3ccc(C(=O)O)nc3)c2n1.[C-]#[N+]c1cn2c(NCc3c(F)ccc4c3CCO4)ncc(-c3ccc([C@@H]4CCCN4)cc3C)c2n1.[C-]#[N+]c1cn2c(NCc3c(F)ccc4c3CCO4)ncc(-c3ccc([C@H]4CCCN4)cc3C)c2n1. The highest BCUT2D eigenvalue weighted by Crippen LogP contribution is 2.39. The lowest BCUT2D eigenvalue weighted by Crippen LogP contribution is -2.13. The molecule has 7 aromatic heterocycles. The van der Waals surface area contributed by atoms with E-state index in [-0.39, 0.29) is 60.2 Å². The first kappa shape index (κ1) is 65.5. The van der Waals surface area contributed by atoms with Crippen molar-refractivity contribution in [2.45, 2.75) is 90.5 Å². The number of imidazole rings is 3. The van der Waals surface area contributed by atoms with E-state index in [1.54, 1.807) is 68.5 Å². The topological polar surface area (TPSA) is 242 Å². The van der Waals surface area contributed by atoms with Crippen LogP contribution in [0.4, 0.5) is 48.5 Å². The summed E-state index contributed by atoms with van der Waals surface area (Å²) in [4.78, 5) is 52.7. The van der Waals surface area contributed by atoms with Gasteiger partial charge in [0.05, 0.1) is 36.5 Å². The van der Waals surface area contributed by atoms with E-state index in [2.05, 4.69) is 126 Å². The van der Waals surface area contributed by atoms with Crippen LogP contribution in [0.5, 0.6) is 17.2 Å². The zero-order chi connectivity index (χ0) is 70.1. The largest absolute Gasteiger partial charge is 0.493 e. The molecule has 2 atom stereocenters. The minimum atomic E-state index is -1.12. The van der Waals surface area contributed by atoms with E-state index in [0.717, 1.165) is 87.5 Å². The Morgan fingerprint density at radius 1 is 0.520 bits per heavy atom. The molecule has 0 radical (unpaired) electrons. The molecule has 0 spiro atoms. The predicted octanol–water partition coefficient (Wildman–Crippen LogP) is 14.5. The third kappa shape index (κ3) is 12.8. The van der Waals surface area contributed by atoms with Gasteiger partial charge in [0.2, 0.25) is 34.8 Å². The number of hydrogen-bond acceptors (Lipinski definition) is 16. The summed E-state index contributed by atoms with van der Waals surface area (Å²) in [6.45, 7) is 30.9. The molecule has 5 aliphatic heterocycles. The molecule has 2 saturated heterocycles. The molecule has 0 unspecified atom stereocenters. The number of anilines is 3. The first-order chi connectivity index (χ1) is 49.8. The summed E-state index contributed by atoms with van der Waals surface area (Å²) in [6.07, 6.45) is 18.1. The second-order valence-electron chi connectivity index (χ2n) is 25.2. The molecule has 510 valence electrons. The Labute approximate surface area is 583 Å². The molecule has 0 amide bonds. The average Bonchev–Trinajstić information content (AvgIpc) is 1.52. The third-order valence-corrected chi connectivity index (χ3v) is 19.2. The van der Waals surface area contributed by atoms with Gasteiger partial charge in [-0.05, 0) is 128 Å². The van der Waals surface area contributed by atoms with Gasteiger partial charge in [-0.1, -0.05) is 77.1 Å². The number of fused-ring (bicyclic) bond motifs is 6. The van der Waals surface area contributed by atoms with Crippen LogP contribution in [0.1, 0.15) is 104 Å². The molecular formula is C76H65F3N18O5. The summed E-state index contributed by atoms with van der Waals surface area (Å²) < 4.78 is 65.6. The molecule has 2 fully saturated rings. The van der Waals surface area contributed by atoms with E-state index in [9.17, 15) is 18.0 Å². The van der Waals surface area contributed by atoms with Gasteiger partial charge in [0, 0.05) is 133 Å². The fraction of sp³-hybridized carbons (Fsp3) is 0.250. The quantitative estimate of drug-likeness (QED) is 0.0523. The summed E-state index contributed by atoms with van der Waals surface area (Å²) in [5, 5.41) is 25.8. The minimum Gasteiger partial charge on any atom is -0.493 e. The molecule has 12 heterocycles. The molecule has 0 bridgehead atoms. The number of halogens is 3. The monoisotopic (exact) mass is 1370 g/mol. The Bertz CT molecular complexity index is 5200. The number of nitrogens with one attached hydrogen (secondary N) is 5. The third-order valence-electron chi connectivity index (χ3n) is 19.2. The molecule has 0 saturated carbocycles. The fourth-order valence-electron chi connectivity index (χ4n) is 14.1. The Kier molecular flexibility index (Phi) is 18.0. The van der Waals surface area contributed by atoms with Crippen molar-refractivity contribution < 1.29 is 37.3 Å². The maximum Gasteiger partial charge on any atom is 0.354 e. The molecule has 23 nitrogen and oxygen atoms in total. The van der Waals surface area contributed by atoms with Crippen molar-refractivity contribution in [1.82, 2.24) is 58.7 Å². The molecule has 0 aliphatic carbocycles. The number of aryl methyl sites for hydroxylation is 2. The fourth-order valence-corrected chi connectivity index (χ4v) is 14.1. The Morgan fingerprint density at radius 3 is 1.25 bits per heavy atom. The van der Waals surface area contributed by atoms with E-state index in [1.807, 2.05) is 0 Å². The summed E-state index contributed by atoms with van der Waals surface area (Å²) >= 11 is 0. The Balaban J connectivity index is 0.000000124. The molecule has 17 rings (SSSR count). The van der Waals surface area contributed by atoms with Crippen molar-refractivity contribution in [2.24, 2.45) is 0 Å². The summed E-state index contributed by atoms with van der Waals surface area (Å²) in [6, 6.07) is 26.1. The number of pyridine rings is 1. The van der Waals surface area contributed by atoms with Crippen LogP contribution >= 0.6 is 0 Å². The molecule has 5 aromatic carbocycles. The van der Waals surface area contributed by atoms with Gasteiger partial charge >= 0.3 is 5.97 Å². The van der Waals surface area contributed by atoms with Crippen molar-refractivity contribution in [1.29, 1.82) is 0 Å². The smallest absolute Gasteiger partial charge is 0.354 e. The van der Waals surface area contributed by atoms with Crippen LogP contribution in [0.15, 0.2) is 128 Å². The van der Waals surface area contributed by atoms with Crippen LogP contribution in [-0.2, 0) is 38.9 Å². The van der Waals surface area contributed by atoms with Crippen molar-refractivity contribution in [3.8, 4) is 50.6 Å². The summed E-state index contributed by atoms with van der Waals surface area (Å²) in [5.74, 6) is 2.30. The van der Waals surface area contributed by atoms with Gasteiger partial charge in [-0.25, -0.2) is 37.9 Å². The highest BCUT2D eigenvalue weighted by molar-refractivity contribution is 5.87. The van der Waals surface area contributed by atoms with Gasteiger partial charge in [-0.3, -0.25) is 13.2 Å². The number of aromatic nitrogens is 10.